The van der Waals surface area contributed by atoms with E-state index in [-0.39, 0.29) is 12.5 Å². The highest BCUT2D eigenvalue weighted by molar-refractivity contribution is 5.81. The molecule has 0 fully saturated rings. The molecule has 0 saturated heterocycles. The number of benzene rings is 2. The van der Waals surface area contributed by atoms with Gasteiger partial charge in [0.25, 0.3) is 0 Å². The van der Waals surface area contributed by atoms with Crippen molar-refractivity contribution in [3.05, 3.63) is 59.7 Å². The Balaban J connectivity index is 1.69. The largest absolute Gasteiger partial charge is 0.480 e. The summed E-state index contributed by atoms with van der Waals surface area (Å²) >= 11 is 0. The van der Waals surface area contributed by atoms with E-state index >= 15 is 0 Å². The van der Waals surface area contributed by atoms with Crippen LogP contribution in [0.4, 0.5) is 4.79 Å². The van der Waals surface area contributed by atoms with E-state index in [1.165, 1.54) is 0 Å². The summed E-state index contributed by atoms with van der Waals surface area (Å²) in [4.78, 5) is 23.6. The van der Waals surface area contributed by atoms with E-state index in [0.717, 1.165) is 22.3 Å². The lowest BCUT2D eigenvalue weighted by Crippen LogP contribution is -2.49. The van der Waals surface area contributed by atoms with Crippen molar-refractivity contribution in [3.8, 4) is 11.1 Å². The fourth-order valence-corrected chi connectivity index (χ4v) is 3.51. The van der Waals surface area contributed by atoms with E-state index in [1.807, 2.05) is 36.4 Å². The van der Waals surface area contributed by atoms with Gasteiger partial charge in [-0.25, -0.2) is 9.59 Å². The first-order chi connectivity index (χ1) is 13.0. The van der Waals surface area contributed by atoms with Crippen LogP contribution in [-0.4, -0.2) is 42.5 Å². The lowest BCUT2D eigenvalue weighted by molar-refractivity contribution is -0.143. The van der Waals surface area contributed by atoms with Gasteiger partial charge in [0, 0.05) is 12.5 Å². The SMILES string of the molecule is CCO[C@H](C)[C@@H](NC(=O)OCC1c2ccccc2-c2ccccc21)C(=O)O. The predicted molar refractivity (Wildman–Crippen MR) is 101 cm³/mol. The minimum Gasteiger partial charge on any atom is -0.480 e. The maximum Gasteiger partial charge on any atom is 0.407 e. The number of hydrogen-bond donors (Lipinski definition) is 2. The first kappa shape index (κ1) is 18.9. The van der Waals surface area contributed by atoms with Crippen molar-refractivity contribution in [2.24, 2.45) is 0 Å². The Kier molecular flexibility index (Phi) is 5.76. The zero-order valence-electron chi connectivity index (χ0n) is 15.3. The van der Waals surface area contributed by atoms with Gasteiger partial charge in [0.1, 0.15) is 6.61 Å². The molecule has 0 bridgehead atoms. The molecular formula is C21H23NO5. The van der Waals surface area contributed by atoms with Gasteiger partial charge in [-0.15, -0.1) is 0 Å². The number of hydrogen-bond acceptors (Lipinski definition) is 4. The Labute approximate surface area is 158 Å². The molecule has 2 atom stereocenters. The second kappa shape index (κ2) is 8.22. The molecule has 2 aromatic rings. The number of ether oxygens (including phenoxy) is 2. The zero-order valence-corrected chi connectivity index (χ0v) is 15.3. The summed E-state index contributed by atoms with van der Waals surface area (Å²) in [7, 11) is 0. The number of carboxylic acid groups (broad SMARTS) is 1. The molecular weight excluding hydrogens is 346 g/mol. The number of carboxylic acids is 1. The van der Waals surface area contributed by atoms with Crippen LogP contribution in [0.3, 0.4) is 0 Å². The number of aliphatic carboxylic acids is 1. The highest BCUT2D eigenvalue weighted by Crippen LogP contribution is 2.44. The second-order valence-corrected chi connectivity index (χ2v) is 6.45. The molecule has 1 amide bonds. The van der Waals surface area contributed by atoms with Crippen molar-refractivity contribution in [1.82, 2.24) is 5.32 Å². The Hall–Kier alpha value is -2.86. The minimum atomic E-state index is -1.17. The van der Waals surface area contributed by atoms with Crippen LogP contribution < -0.4 is 5.32 Å². The molecule has 0 unspecified atom stereocenters. The maximum atomic E-state index is 12.2. The fraction of sp³-hybridized carbons (Fsp3) is 0.333. The Morgan fingerprint density at radius 3 is 2.15 bits per heavy atom. The van der Waals surface area contributed by atoms with Crippen LogP contribution in [0.15, 0.2) is 48.5 Å². The lowest BCUT2D eigenvalue weighted by atomic mass is 9.98. The third-order valence-corrected chi connectivity index (χ3v) is 4.78. The summed E-state index contributed by atoms with van der Waals surface area (Å²) in [6, 6.07) is 14.9. The van der Waals surface area contributed by atoms with Crippen LogP contribution in [-0.2, 0) is 14.3 Å². The van der Waals surface area contributed by atoms with Gasteiger partial charge in [-0.2, -0.15) is 0 Å². The van der Waals surface area contributed by atoms with E-state index in [0.29, 0.717) is 6.61 Å². The molecule has 6 heteroatoms. The number of carbonyl (C=O) groups is 2. The summed E-state index contributed by atoms with van der Waals surface area (Å²) in [5, 5.41) is 11.7. The van der Waals surface area contributed by atoms with E-state index in [1.54, 1.807) is 13.8 Å². The van der Waals surface area contributed by atoms with Gasteiger partial charge in [0.05, 0.1) is 6.10 Å². The average Bonchev–Trinajstić information content (AvgIpc) is 2.98. The predicted octanol–water partition coefficient (Wildman–Crippen LogP) is 3.40. The smallest absolute Gasteiger partial charge is 0.407 e. The summed E-state index contributed by atoms with van der Waals surface area (Å²) in [6.45, 7) is 3.86. The fourth-order valence-electron chi connectivity index (χ4n) is 3.51. The van der Waals surface area contributed by atoms with E-state index in [2.05, 4.69) is 17.4 Å². The first-order valence-electron chi connectivity index (χ1n) is 8.98. The van der Waals surface area contributed by atoms with Crippen molar-refractivity contribution < 1.29 is 24.2 Å². The molecule has 0 aromatic heterocycles. The Morgan fingerprint density at radius 1 is 1.07 bits per heavy atom. The molecule has 6 nitrogen and oxygen atoms in total. The molecule has 27 heavy (non-hydrogen) atoms. The van der Waals surface area contributed by atoms with Crippen LogP contribution in [0.1, 0.15) is 30.9 Å². The van der Waals surface area contributed by atoms with Crippen molar-refractivity contribution in [3.63, 3.8) is 0 Å². The lowest BCUT2D eigenvalue weighted by Gasteiger charge is -2.21. The standard InChI is InChI=1S/C21H23NO5/c1-3-26-13(2)19(20(23)24)22-21(25)27-12-18-16-10-6-4-8-14(16)15-9-5-7-11-17(15)18/h4-11,13,18-19H,3,12H2,1-2H3,(H,22,25)(H,23,24)/t13-,19-/m1/s1. The molecule has 1 aliphatic carbocycles. The molecule has 0 aliphatic heterocycles. The van der Waals surface area contributed by atoms with E-state index in [4.69, 9.17) is 9.47 Å². The summed E-state index contributed by atoms with van der Waals surface area (Å²) < 4.78 is 10.7. The van der Waals surface area contributed by atoms with Crippen LogP contribution in [0, 0.1) is 0 Å². The third kappa shape index (κ3) is 3.95. The van der Waals surface area contributed by atoms with Crippen LogP contribution >= 0.6 is 0 Å². The molecule has 0 heterocycles. The summed E-state index contributed by atoms with van der Waals surface area (Å²) in [5.74, 6) is -1.24. The van der Waals surface area contributed by atoms with Gasteiger partial charge in [0.2, 0.25) is 0 Å². The number of alkyl carbamates (subject to hydrolysis) is 1. The molecule has 2 N–H and O–H groups in total. The quantitative estimate of drug-likeness (QED) is 0.781. The highest BCUT2D eigenvalue weighted by Gasteiger charge is 2.31. The Morgan fingerprint density at radius 2 is 1.63 bits per heavy atom. The van der Waals surface area contributed by atoms with Crippen molar-refractivity contribution in [1.29, 1.82) is 0 Å². The van der Waals surface area contributed by atoms with Gasteiger partial charge in [-0.1, -0.05) is 48.5 Å². The van der Waals surface area contributed by atoms with Crippen molar-refractivity contribution in [2.75, 3.05) is 13.2 Å². The van der Waals surface area contributed by atoms with Crippen LogP contribution in [0.25, 0.3) is 11.1 Å². The molecule has 1 aliphatic rings. The molecule has 0 radical (unpaired) electrons. The van der Waals surface area contributed by atoms with Gasteiger partial charge >= 0.3 is 12.1 Å². The van der Waals surface area contributed by atoms with Gasteiger partial charge in [0.15, 0.2) is 6.04 Å². The monoisotopic (exact) mass is 369 g/mol. The van der Waals surface area contributed by atoms with Crippen molar-refractivity contribution >= 4 is 12.1 Å². The number of amides is 1. The molecule has 0 saturated carbocycles. The number of rotatable bonds is 7. The van der Waals surface area contributed by atoms with Crippen LogP contribution in [0.5, 0.6) is 0 Å². The van der Waals surface area contributed by atoms with Gasteiger partial charge in [-0.3, -0.25) is 0 Å². The van der Waals surface area contributed by atoms with Crippen LogP contribution in [0.2, 0.25) is 0 Å². The molecule has 2 aromatic carbocycles. The normalized spacial score (nSPS) is 14.7. The topological polar surface area (TPSA) is 84.9 Å². The second-order valence-electron chi connectivity index (χ2n) is 6.45. The summed E-state index contributed by atoms with van der Waals surface area (Å²) in [6.07, 6.45) is -1.43. The number of nitrogens with one attached hydrogen (secondary N) is 1. The van der Waals surface area contributed by atoms with E-state index < -0.39 is 24.2 Å². The minimum absolute atomic E-state index is 0.0734. The van der Waals surface area contributed by atoms with Gasteiger partial charge < -0.3 is 19.9 Å². The van der Waals surface area contributed by atoms with Gasteiger partial charge in [-0.05, 0) is 36.1 Å². The molecule has 0 spiro atoms. The number of fused-ring (bicyclic) bond motifs is 3. The van der Waals surface area contributed by atoms with E-state index in [9.17, 15) is 14.7 Å². The zero-order chi connectivity index (χ0) is 19.4. The average molecular weight is 369 g/mol. The molecule has 3 rings (SSSR count). The Bertz CT molecular complexity index is 789. The maximum absolute atomic E-state index is 12.2. The molecule has 142 valence electrons. The third-order valence-electron chi connectivity index (χ3n) is 4.78. The van der Waals surface area contributed by atoms with Crippen molar-refractivity contribution in [2.45, 2.75) is 31.9 Å². The highest BCUT2D eigenvalue weighted by atomic mass is 16.6. The first-order valence-corrected chi connectivity index (χ1v) is 8.98. The summed E-state index contributed by atoms with van der Waals surface area (Å²) in [5.41, 5.74) is 4.47. The number of carbonyl (C=O) groups excluding carboxylic acids is 1.